The lowest BCUT2D eigenvalue weighted by Crippen LogP contribution is -2.27. The third-order valence-electron chi connectivity index (χ3n) is 3.74. The summed E-state index contributed by atoms with van der Waals surface area (Å²) in [5.41, 5.74) is 1.55. The Hall–Kier alpha value is -3.22. The second kappa shape index (κ2) is 8.24. The largest absolute Gasteiger partial charge is 0.497 e. The molecular formula is C19H18FN3O3. The monoisotopic (exact) mass is 355 g/mol. The molecule has 134 valence electrons. The van der Waals surface area contributed by atoms with Gasteiger partial charge in [0.2, 0.25) is 17.7 Å². The van der Waals surface area contributed by atoms with Crippen molar-refractivity contribution in [1.82, 2.24) is 15.5 Å². The van der Waals surface area contributed by atoms with Crippen LogP contribution in [0.15, 0.2) is 52.9 Å². The van der Waals surface area contributed by atoms with Crippen molar-refractivity contribution >= 4 is 5.91 Å². The van der Waals surface area contributed by atoms with Crippen molar-refractivity contribution in [3.05, 3.63) is 65.8 Å². The Morgan fingerprint density at radius 1 is 1.12 bits per heavy atom. The van der Waals surface area contributed by atoms with E-state index < -0.39 is 0 Å². The van der Waals surface area contributed by atoms with E-state index in [-0.39, 0.29) is 18.1 Å². The Balaban J connectivity index is 1.48. The van der Waals surface area contributed by atoms with E-state index in [1.54, 1.807) is 19.2 Å². The van der Waals surface area contributed by atoms with Crippen molar-refractivity contribution in [2.45, 2.75) is 12.8 Å². The summed E-state index contributed by atoms with van der Waals surface area (Å²) in [5, 5.41) is 10.8. The van der Waals surface area contributed by atoms with Crippen LogP contribution in [0.25, 0.3) is 11.5 Å². The van der Waals surface area contributed by atoms with Crippen molar-refractivity contribution < 1.29 is 18.3 Å². The Morgan fingerprint density at radius 2 is 1.85 bits per heavy atom. The van der Waals surface area contributed by atoms with Gasteiger partial charge in [-0.05, 0) is 42.0 Å². The summed E-state index contributed by atoms with van der Waals surface area (Å²) in [6, 6.07) is 13.1. The van der Waals surface area contributed by atoms with Crippen molar-refractivity contribution in [3.63, 3.8) is 0 Å². The number of hydrogen-bond donors (Lipinski definition) is 1. The maximum atomic E-state index is 12.8. The van der Waals surface area contributed by atoms with Crippen LogP contribution in [-0.4, -0.2) is 29.8 Å². The quantitative estimate of drug-likeness (QED) is 0.705. The highest BCUT2D eigenvalue weighted by atomic mass is 19.1. The molecule has 2 aromatic carbocycles. The average Bonchev–Trinajstić information content (AvgIpc) is 3.12. The second-order valence-electron chi connectivity index (χ2n) is 5.63. The molecule has 0 aliphatic heterocycles. The van der Waals surface area contributed by atoms with Crippen molar-refractivity contribution in [2.75, 3.05) is 13.7 Å². The summed E-state index contributed by atoms with van der Waals surface area (Å²) in [6.07, 6.45) is 0.625. The smallest absolute Gasteiger partial charge is 0.247 e. The van der Waals surface area contributed by atoms with E-state index in [1.807, 2.05) is 24.3 Å². The zero-order valence-electron chi connectivity index (χ0n) is 14.2. The number of halogens is 1. The number of ether oxygens (including phenoxy) is 1. The van der Waals surface area contributed by atoms with Crippen LogP contribution in [0.1, 0.15) is 11.5 Å². The normalized spacial score (nSPS) is 10.5. The van der Waals surface area contributed by atoms with Crippen LogP contribution >= 0.6 is 0 Å². The van der Waals surface area contributed by atoms with Gasteiger partial charge in [0.15, 0.2) is 0 Å². The fourth-order valence-electron chi connectivity index (χ4n) is 2.36. The predicted octanol–water partition coefficient (Wildman–Crippen LogP) is 2.79. The molecule has 0 atom stereocenters. The minimum atomic E-state index is -0.321. The summed E-state index contributed by atoms with van der Waals surface area (Å²) in [6.45, 7) is 0.379. The minimum Gasteiger partial charge on any atom is -0.497 e. The van der Waals surface area contributed by atoms with Gasteiger partial charge in [-0.3, -0.25) is 4.79 Å². The maximum absolute atomic E-state index is 12.8. The maximum Gasteiger partial charge on any atom is 0.247 e. The zero-order chi connectivity index (χ0) is 18.4. The van der Waals surface area contributed by atoms with Gasteiger partial charge in [0, 0.05) is 18.5 Å². The number of amides is 1. The van der Waals surface area contributed by atoms with Crippen LogP contribution in [-0.2, 0) is 17.6 Å². The lowest BCUT2D eigenvalue weighted by Gasteiger charge is -2.03. The molecule has 1 aromatic heterocycles. The van der Waals surface area contributed by atoms with Crippen LogP contribution in [0.5, 0.6) is 5.75 Å². The summed E-state index contributed by atoms with van der Waals surface area (Å²) in [5.74, 6) is 1.14. The molecule has 0 bridgehead atoms. The van der Waals surface area contributed by atoms with Crippen molar-refractivity contribution in [1.29, 1.82) is 0 Å². The number of methoxy groups -OCH3 is 1. The number of rotatable bonds is 7. The molecule has 0 saturated carbocycles. The third kappa shape index (κ3) is 4.66. The van der Waals surface area contributed by atoms with E-state index in [9.17, 15) is 9.18 Å². The van der Waals surface area contributed by atoms with Crippen LogP contribution in [0, 0.1) is 5.82 Å². The molecule has 26 heavy (non-hydrogen) atoms. The number of benzene rings is 2. The molecule has 6 nitrogen and oxygen atoms in total. The number of aromatic nitrogens is 2. The first-order chi connectivity index (χ1) is 12.6. The number of carbonyl (C=O) groups is 1. The molecular weight excluding hydrogens is 337 g/mol. The van der Waals surface area contributed by atoms with Gasteiger partial charge in [-0.2, -0.15) is 0 Å². The average molecular weight is 355 g/mol. The van der Waals surface area contributed by atoms with Crippen molar-refractivity contribution in [2.24, 2.45) is 0 Å². The highest BCUT2D eigenvalue weighted by molar-refractivity contribution is 5.78. The molecule has 0 aliphatic rings. The number of hydrogen-bond acceptors (Lipinski definition) is 5. The molecule has 0 fully saturated rings. The second-order valence-corrected chi connectivity index (χ2v) is 5.63. The van der Waals surface area contributed by atoms with E-state index in [4.69, 9.17) is 9.15 Å². The van der Waals surface area contributed by atoms with Gasteiger partial charge in [-0.15, -0.1) is 10.2 Å². The fraction of sp³-hybridized carbons (Fsp3) is 0.211. The molecule has 3 rings (SSSR count). The summed E-state index contributed by atoms with van der Waals surface area (Å²) in [7, 11) is 1.60. The van der Waals surface area contributed by atoms with E-state index >= 15 is 0 Å². The summed E-state index contributed by atoms with van der Waals surface area (Å²) >= 11 is 0. The van der Waals surface area contributed by atoms with E-state index in [0.29, 0.717) is 24.7 Å². The molecule has 3 aromatic rings. The van der Waals surface area contributed by atoms with Gasteiger partial charge in [0.1, 0.15) is 11.6 Å². The zero-order valence-corrected chi connectivity index (χ0v) is 14.2. The summed E-state index contributed by atoms with van der Waals surface area (Å²) in [4.78, 5) is 11.9. The van der Waals surface area contributed by atoms with Gasteiger partial charge in [-0.25, -0.2) is 4.39 Å². The molecule has 0 aliphatic carbocycles. The lowest BCUT2D eigenvalue weighted by molar-refractivity contribution is -0.120. The van der Waals surface area contributed by atoms with Gasteiger partial charge >= 0.3 is 0 Å². The van der Waals surface area contributed by atoms with Gasteiger partial charge in [-0.1, -0.05) is 12.1 Å². The highest BCUT2D eigenvalue weighted by Gasteiger charge is 2.09. The summed E-state index contributed by atoms with van der Waals surface area (Å²) < 4.78 is 23.6. The molecule has 1 heterocycles. The van der Waals surface area contributed by atoms with Crippen LogP contribution in [0.2, 0.25) is 0 Å². The molecule has 0 radical (unpaired) electrons. The first-order valence-electron chi connectivity index (χ1n) is 8.12. The molecule has 0 spiro atoms. The number of carbonyl (C=O) groups excluding carboxylic acids is 1. The molecule has 1 amide bonds. The first kappa shape index (κ1) is 17.6. The molecule has 7 heteroatoms. The van der Waals surface area contributed by atoms with Crippen LogP contribution in [0.3, 0.4) is 0 Å². The Kier molecular flexibility index (Phi) is 5.58. The SMILES string of the molecule is COc1ccc(-c2nnc(CCNC(=O)Cc3ccc(F)cc3)o2)cc1. The molecule has 0 unspecified atom stereocenters. The standard InChI is InChI=1S/C19H18FN3O3/c1-25-16-8-4-14(5-9-16)19-23-22-18(26-19)10-11-21-17(24)12-13-2-6-15(20)7-3-13/h2-9H,10-12H2,1H3,(H,21,24). The number of nitrogens with zero attached hydrogens (tertiary/aromatic N) is 2. The Morgan fingerprint density at radius 3 is 2.54 bits per heavy atom. The fourth-order valence-corrected chi connectivity index (χ4v) is 2.36. The van der Waals surface area contributed by atoms with E-state index in [0.717, 1.165) is 16.9 Å². The van der Waals surface area contributed by atoms with Crippen molar-refractivity contribution in [3.8, 4) is 17.2 Å². The first-order valence-corrected chi connectivity index (χ1v) is 8.12. The molecule has 0 saturated heterocycles. The third-order valence-corrected chi connectivity index (χ3v) is 3.74. The molecule has 1 N–H and O–H groups in total. The predicted molar refractivity (Wildman–Crippen MR) is 93.1 cm³/mol. The van der Waals surface area contributed by atoms with Gasteiger partial charge < -0.3 is 14.5 Å². The van der Waals surface area contributed by atoms with Gasteiger partial charge in [0.25, 0.3) is 0 Å². The topological polar surface area (TPSA) is 77.3 Å². The minimum absolute atomic E-state index is 0.147. The van der Waals surface area contributed by atoms with Crippen LogP contribution < -0.4 is 10.1 Å². The number of nitrogens with one attached hydrogen (secondary N) is 1. The van der Waals surface area contributed by atoms with Gasteiger partial charge in [0.05, 0.1) is 13.5 Å². The highest BCUT2D eigenvalue weighted by Crippen LogP contribution is 2.21. The lowest BCUT2D eigenvalue weighted by atomic mass is 10.1. The van der Waals surface area contributed by atoms with E-state index in [2.05, 4.69) is 15.5 Å². The Labute approximate surface area is 150 Å². The van der Waals surface area contributed by atoms with Crippen LogP contribution in [0.4, 0.5) is 4.39 Å². The Bertz CT molecular complexity index is 860. The van der Waals surface area contributed by atoms with E-state index in [1.165, 1.54) is 12.1 Å².